The van der Waals surface area contributed by atoms with Gasteiger partial charge in [-0.25, -0.2) is 4.39 Å². The highest BCUT2D eigenvalue weighted by Gasteiger charge is 2.11. The Morgan fingerprint density at radius 2 is 2.21 bits per heavy atom. The third-order valence-electron chi connectivity index (χ3n) is 2.86. The molecule has 0 aliphatic heterocycles. The highest BCUT2D eigenvalue weighted by molar-refractivity contribution is 5.98. The zero-order valence-corrected chi connectivity index (χ0v) is 9.94. The number of carbonyl (C=O) groups is 1. The summed E-state index contributed by atoms with van der Waals surface area (Å²) in [7, 11) is 0. The van der Waals surface area contributed by atoms with Gasteiger partial charge in [-0.2, -0.15) is 0 Å². The van der Waals surface area contributed by atoms with Crippen LogP contribution in [0.4, 0.5) is 4.39 Å². The van der Waals surface area contributed by atoms with Crippen molar-refractivity contribution in [3.8, 4) is 0 Å². The molecule has 2 aromatic heterocycles. The van der Waals surface area contributed by atoms with E-state index in [0.717, 1.165) is 0 Å². The molecule has 0 aliphatic carbocycles. The first kappa shape index (κ1) is 11.5. The number of hydrogen-bond donors (Lipinski definition) is 2. The highest BCUT2D eigenvalue weighted by atomic mass is 19.1. The monoisotopic (exact) mass is 258 g/mol. The third kappa shape index (κ3) is 2.22. The molecule has 0 fully saturated rings. The van der Waals surface area contributed by atoms with Gasteiger partial charge in [-0.15, -0.1) is 0 Å². The number of nitrogens with one attached hydrogen (secondary N) is 2. The molecule has 2 heterocycles. The van der Waals surface area contributed by atoms with E-state index in [0.29, 0.717) is 28.9 Å². The Hall–Kier alpha value is -2.56. The minimum Gasteiger partial charge on any atom is -0.467 e. The van der Waals surface area contributed by atoms with E-state index in [2.05, 4.69) is 10.3 Å². The van der Waals surface area contributed by atoms with Crippen molar-refractivity contribution in [3.63, 3.8) is 0 Å². The summed E-state index contributed by atoms with van der Waals surface area (Å²) < 4.78 is 18.6. The number of rotatable bonds is 3. The molecule has 1 aromatic carbocycles. The number of aromatic amines is 1. The number of amides is 1. The summed E-state index contributed by atoms with van der Waals surface area (Å²) >= 11 is 0. The Balaban J connectivity index is 1.80. The van der Waals surface area contributed by atoms with Crippen molar-refractivity contribution >= 4 is 16.8 Å². The molecule has 2 N–H and O–H groups in total. The second kappa shape index (κ2) is 4.61. The maximum Gasteiger partial charge on any atom is 0.268 e. The molecule has 0 bridgehead atoms. The number of fused-ring (bicyclic) bond motifs is 1. The molecule has 3 rings (SSSR count). The Labute approximate surface area is 108 Å². The van der Waals surface area contributed by atoms with E-state index >= 15 is 0 Å². The van der Waals surface area contributed by atoms with Gasteiger partial charge in [0.25, 0.3) is 5.91 Å². The van der Waals surface area contributed by atoms with E-state index < -0.39 is 0 Å². The maximum atomic E-state index is 13.5. The lowest BCUT2D eigenvalue weighted by Gasteiger charge is -2.00. The lowest BCUT2D eigenvalue weighted by Crippen LogP contribution is -2.22. The first-order chi connectivity index (χ1) is 9.24. The molecule has 0 spiro atoms. The molecule has 0 atom stereocenters. The van der Waals surface area contributed by atoms with Gasteiger partial charge < -0.3 is 14.7 Å². The van der Waals surface area contributed by atoms with Crippen LogP contribution in [-0.4, -0.2) is 10.9 Å². The molecule has 4 nitrogen and oxygen atoms in total. The summed E-state index contributed by atoms with van der Waals surface area (Å²) in [4.78, 5) is 14.8. The normalized spacial score (nSPS) is 10.8. The van der Waals surface area contributed by atoms with Gasteiger partial charge in [-0.3, -0.25) is 4.79 Å². The van der Waals surface area contributed by atoms with Crippen LogP contribution in [0.2, 0.25) is 0 Å². The zero-order valence-electron chi connectivity index (χ0n) is 9.94. The van der Waals surface area contributed by atoms with Crippen LogP contribution in [0.1, 0.15) is 16.2 Å². The Morgan fingerprint density at radius 3 is 2.95 bits per heavy atom. The average molecular weight is 258 g/mol. The second-order valence-corrected chi connectivity index (χ2v) is 4.15. The van der Waals surface area contributed by atoms with E-state index in [9.17, 15) is 9.18 Å². The molecule has 19 heavy (non-hydrogen) atoms. The van der Waals surface area contributed by atoms with Crippen LogP contribution in [0.5, 0.6) is 0 Å². The van der Waals surface area contributed by atoms with Crippen molar-refractivity contribution in [2.24, 2.45) is 0 Å². The van der Waals surface area contributed by atoms with Crippen molar-refractivity contribution < 1.29 is 13.6 Å². The smallest absolute Gasteiger partial charge is 0.268 e. The maximum absolute atomic E-state index is 13.5. The highest BCUT2D eigenvalue weighted by Crippen LogP contribution is 2.18. The number of benzene rings is 1. The van der Waals surface area contributed by atoms with Crippen LogP contribution in [-0.2, 0) is 6.54 Å². The van der Waals surface area contributed by atoms with Gasteiger partial charge in [0.2, 0.25) is 0 Å². The summed E-state index contributed by atoms with van der Waals surface area (Å²) in [5, 5.41) is 3.10. The summed E-state index contributed by atoms with van der Waals surface area (Å²) in [5.74, 6) is 0.0153. The number of carbonyl (C=O) groups excluding carboxylic acids is 1. The van der Waals surface area contributed by atoms with Crippen molar-refractivity contribution in [2.45, 2.75) is 6.54 Å². The molecule has 3 aromatic rings. The van der Waals surface area contributed by atoms with Crippen molar-refractivity contribution in [1.82, 2.24) is 10.3 Å². The van der Waals surface area contributed by atoms with Gasteiger partial charge >= 0.3 is 0 Å². The zero-order chi connectivity index (χ0) is 13.2. The molecule has 96 valence electrons. The van der Waals surface area contributed by atoms with E-state index in [1.807, 2.05) is 0 Å². The lowest BCUT2D eigenvalue weighted by atomic mass is 10.2. The van der Waals surface area contributed by atoms with E-state index in [-0.39, 0.29) is 11.7 Å². The van der Waals surface area contributed by atoms with E-state index in [4.69, 9.17) is 4.42 Å². The van der Waals surface area contributed by atoms with Crippen LogP contribution in [0.3, 0.4) is 0 Å². The second-order valence-electron chi connectivity index (χ2n) is 4.15. The van der Waals surface area contributed by atoms with Gasteiger partial charge in [0.05, 0.1) is 12.8 Å². The Kier molecular flexibility index (Phi) is 2.79. The Morgan fingerprint density at radius 1 is 1.32 bits per heavy atom. The summed E-state index contributed by atoms with van der Waals surface area (Å²) in [6.45, 7) is 0.295. The molecular formula is C14H11FN2O2. The van der Waals surface area contributed by atoms with Crippen LogP contribution < -0.4 is 5.32 Å². The fourth-order valence-electron chi connectivity index (χ4n) is 1.92. The van der Waals surface area contributed by atoms with Gasteiger partial charge in [-0.05, 0) is 30.3 Å². The first-order valence-electron chi connectivity index (χ1n) is 5.82. The standard InChI is InChI=1S/C14H11FN2O2/c15-11-4-1-5-12-10(11)7-13(17-12)14(18)16-8-9-3-2-6-19-9/h1-7,17H,8H2,(H,16,18). The largest absolute Gasteiger partial charge is 0.467 e. The fourth-order valence-corrected chi connectivity index (χ4v) is 1.92. The number of H-pyrrole nitrogens is 1. The van der Waals surface area contributed by atoms with Crippen LogP contribution in [0.15, 0.2) is 47.1 Å². The molecule has 0 aliphatic rings. The van der Waals surface area contributed by atoms with Crippen molar-refractivity contribution in [2.75, 3.05) is 0 Å². The summed E-state index contributed by atoms with van der Waals surface area (Å²) in [6.07, 6.45) is 1.54. The van der Waals surface area contributed by atoms with Crippen LogP contribution in [0, 0.1) is 5.82 Å². The topological polar surface area (TPSA) is 58.0 Å². The quantitative estimate of drug-likeness (QED) is 0.759. The molecular weight excluding hydrogens is 247 g/mol. The van der Waals surface area contributed by atoms with Crippen LogP contribution >= 0.6 is 0 Å². The summed E-state index contributed by atoms with van der Waals surface area (Å²) in [6, 6.07) is 9.70. The SMILES string of the molecule is O=C(NCc1ccco1)c1cc2c(F)cccc2[nH]1. The minimum absolute atomic E-state index is 0.295. The van der Waals surface area contributed by atoms with Gasteiger partial charge in [-0.1, -0.05) is 6.07 Å². The molecule has 0 radical (unpaired) electrons. The number of halogens is 1. The van der Waals surface area contributed by atoms with Crippen molar-refractivity contribution in [1.29, 1.82) is 0 Å². The minimum atomic E-state index is -0.348. The predicted molar refractivity (Wildman–Crippen MR) is 68.1 cm³/mol. The molecule has 0 unspecified atom stereocenters. The third-order valence-corrected chi connectivity index (χ3v) is 2.86. The van der Waals surface area contributed by atoms with Gasteiger partial charge in [0.15, 0.2) is 0 Å². The van der Waals surface area contributed by atoms with Crippen molar-refractivity contribution in [3.05, 3.63) is 59.9 Å². The van der Waals surface area contributed by atoms with Gasteiger partial charge in [0, 0.05) is 10.9 Å². The van der Waals surface area contributed by atoms with E-state index in [1.165, 1.54) is 12.1 Å². The van der Waals surface area contributed by atoms with E-state index in [1.54, 1.807) is 30.5 Å². The molecule has 1 amide bonds. The molecule has 0 saturated heterocycles. The van der Waals surface area contributed by atoms with Crippen LogP contribution in [0.25, 0.3) is 10.9 Å². The fraction of sp³-hybridized carbons (Fsp3) is 0.0714. The molecule has 5 heteroatoms. The first-order valence-corrected chi connectivity index (χ1v) is 5.82. The molecule has 0 saturated carbocycles. The predicted octanol–water partition coefficient (Wildman–Crippen LogP) is 2.83. The Bertz CT molecular complexity index is 716. The van der Waals surface area contributed by atoms with Gasteiger partial charge in [0.1, 0.15) is 17.3 Å². The lowest BCUT2D eigenvalue weighted by molar-refractivity contribution is 0.0944. The summed E-state index contributed by atoms with van der Waals surface area (Å²) in [5.41, 5.74) is 0.926. The number of aromatic nitrogens is 1. The average Bonchev–Trinajstić information content (AvgIpc) is 3.05. The number of hydrogen-bond acceptors (Lipinski definition) is 2. The number of furan rings is 1.